The Hall–Kier alpha value is -5.71. The van der Waals surface area contributed by atoms with Gasteiger partial charge in [0.2, 0.25) is 0 Å². The van der Waals surface area contributed by atoms with Crippen molar-refractivity contribution >= 4 is 11.8 Å². The zero-order valence-electron chi connectivity index (χ0n) is 25.0. The molecule has 2 amide bonds. The van der Waals surface area contributed by atoms with E-state index in [1.807, 2.05) is 53.4 Å². The van der Waals surface area contributed by atoms with Crippen LogP contribution in [-0.2, 0) is 6.42 Å². The molecule has 2 aromatic heterocycles. The summed E-state index contributed by atoms with van der Waals surface area (Å²) in [7, 11) is 1.56. The first-order chi connectivity index (χ1) is 22.5. The van der Waals surface area contributed by atoms with Crippen molar-refractivity contribution in [2.24, 2.45) is 0 Å². The van der Waals surface area contributed by atoms with Crippen molar-refractivity contribution in [3.8, 4) is 34.3 Å². The number of amides is 2. The van der Waals surface area contributed by atoms with Crippen LogP contribution in [0.25, 0.3) is 11.3 Å². The minimum Gasteiger partial charge on any atom is -0.493 e. The molecule has 1 atom stereocenters. The molecule has 0 spiro atoms. The lowest BCUT2D eigenvalue weighted by Gasteiger charge is -2.38. The molecule has 0 saturated carbocycles. The topological polar surface area (TPSA) is 119 Å². The quantitative estimate of drug-likeness (QED) is 0.266. The predicted molar refractivity (Wildman–Crippen MR) is 167 cm³/mol. The van der Waals surface area contributed by atoms with Gasteiger partial charge in [0.25, 0.3) is 11.8 Å². The second-order valence-corrected chi connectivity index (χ2v) is 11.0. The summed E-state index contributed by atoms with van der Waals surface area (Å²) in [5.41, 5.74) is 4.52. The van der Waals surface area contributed by atoms with Crippen LogP contribution in [0, 0.1) is 5.82 Å². The van der Waals surface area contributed by atoms with Crippen molar-refractivity contribution in [3.63, 3.8) is 0 Å². The van der Waals surface area contributed by atoms with E-state index in [1.165, 1.54) is 18.2 Å². The molecule has 3 aliphatic heterocycles. The molecule has 1 unspecified atom stereocenters. The predicted octanol–water partition coefficient (Wildman–Crippen LogP) is 5.71. The fourth-order valence-corrected chi connectivity index (χ4v) is 5.91. The van der Waals surface area contributed by atoms with E-state index in [4.69, 9.17) is 14.2 Å². The lowest BCUT2D eigenvalue weighted by Crippen LogP contribution is -2.40. The van der Waals surface area contributed by atoms with Crippen molar-refractivity contribution in [1.29, 1.82) is 0 Å². The molecule has 232 valence electrons. The third-order valence-electron chi connectivity index (χ3n) is 8.17. The molecule has 3 aliphatic rings. The van der Waals surface area contributed by atoms with Gasteiger partial charge in [-0.25, -0.2) is 4.39 Å². The Morgan fingerprint density at radius 1 is 1.02 bits per heavy atom. The van der Waals surface area contributed by atoms with Crippen molar-refractivity contribution in [2.45, 2.75) is 18.9 Å². The third-order valence-corrected chi connectivity index (χ3v) is 8.17. The SMILES string of the molecule is COc1ccc2cc1OCCCNC(=O)c1cc(ccc1F)Oc1ccc3c(c1)CCN(C(=O)c1cc(-c4ccncc4)n[nH]1)C23. The van der Waals surface area contributed by atoms with Crippen molar-refractivity contribution in [1.82, 2.24) is 25.4 Å². The van der Waals surface area contributed by atoms with E-state index >= 15 is 0 Å². The molecule has 8 bridgehead atoms. The van der Waals surface area contributed by atoms with Gasteiger partial charge in [-0.05, 0) is 90.2 Å². The van der Waals surface area contributed by atoms with Crippen LogP contribution in [0.1, 0.15) is 50.0 Å². The fraction of sp³-hybridized carbons (Fsp3) is 0.200. The maximum absolute atomic E-state index is 14.6. The van der Waals surface area contributed by atoms with E-state index in [-0.39, 0.29) is 24.6 Å². The summed E-state index contributed by atoms with van der Waals surface area (Å²) in [6, 6.07) is 20.4. The minimum absolute atomic E-state index is 0.105. The zero-order valence-corrected chi connectivity index (χ0v) is 25.0. The number of aromatic nitrogens is 3. The number of halogens is 1. The van der Waals surface area contributed by atoms with Gasteiger partial charge < -0.3 is 24.4 Å². The number of hydrogen-bond donors (Lipinski definition) is 2. The van der Waals surface area contributed by atoms with Crippen LogP contribution in [0.2, 0.25) is 0 Å². The molecule has 5 aromatic rings. The number of H-pyrrole nitrogens is 1. The Morgan fingerprint density at radius 3 is 2.70 bits per heavy atom. The number of hydrogen-bond acceptors (Lipinski definition) is 7. The molecule has 0 saturated heterocycles. The Labute approximate surface area is 264 Å². The molecule has 0 fully saturated rings. The second kappa shape index (κ2) is 12.4. The minimum atomic E-state index is -0.639. The first kappa shape index (κ1) is 29.0. The Balaban J connectivity index is 1.30. The number of rotatable bonds is 3. The number of benzene rings is 3. The molecule has 46 heavy (non-hydrogen) atoms. The maximum Gasteiger partial charge on any atom is 0.272 e. The standard InChI is InChI=1S/C35H30FN5O5/c1-44-31-8-3-23-18-32(31)45-16-2-12-38-34(42)27-19-25(5-7-28(27)36)46-24-4-6-26-22(17-24)11-15-41(33(23)26)35(43)30-20-29(39-40-30)21-9-13-37-14-10-21/h3-10,13-14,17-20,33H,2,11-12,15-16H2,1H3,(H,38,42)(H,39,40). The van der Waals surface area contributed by atoms with E-state index in [1.54, 1.807) is 25.6 Å². The molecule has 11 heteroatoms. The maximum atomic E-state index is 14.6. The monoisotopic (exact) mass is 619 g/mol. The highest BCUT2D eigenvalue weighted by atomic mass is 19.1. The molecule has 8 rings (SSSR count). The number of ether oxygens (including phenoxy) is 3. The number of carbonyl (C=O) groups is 2. The van der Waals surface area contributed by atoms with E-state index in [2.05, 4.69) is 20.5 Å². The van der Waals surface area contributed by atoms with Crippen LogP contribution >= 0.6 is 0 Å². The van der Waals surface area contributed by atoms with Crippen LogP contribution in [0.15, 0.2) is 85.2 Å². The number of methoxy groups -OCH3 is 1. The number of fused-ring (bicyclic) bond motifs is 6. The summed E-state index contributed by atoms with van der Waals surface area (Å²) in [5, 5.41) is 10.1. The van der Waals surface area contributed by atoms with Crippen molar-refractivity contribution < 1.29 is 28.2 Å². The van der Waals surface area contributed by atoms with Crippen LogP contribution in [0.4, 0.5) is 4.39 Å². The number of aromatic amines is 1. The molecular weight excluding hydrogens is 589 g/mol. The summed E-state index contributed by atoms with van der Waals surface area (Å²) in [5.74, 6) is 0.544. The molecule has 2 N–H and O–H groups in total. The van der Waals surface area contributed by atoms with Crippen molar-refractivity contribution in [2.75, 3.05) is 26.8 Å². The summed E-state index contributed by atoms with van der Waals surface area (Å²) >= 11 is 0. The third kappa shape index (κ3) is 5.63. The number of carbonyl (C=O) groups excluding carboxylic acids is 2. The Bertz CT molecular complexity index is 1930. The van der Waals surface area contributed by atoms with Gasteiger partial charge in [-0.3, -0.25) is 19.7 Å². The smallest absolute Gasteiger partial charge is 0.272 e. The highest BCUT2D eigenvalue weighted by Gasteiger charge is 2.34. The Morgan fingerprint density at radius 2 is 1.85 bits per heavy atom. The summed E-state index contributed by atoms with van der Waals surface area (Å²) < 4.78 is 32.4. The van der Waals surface area contributed by atoms with Gasteiger partial charge in [-0.2, -0.15) is 5.10 Å². The van der Waals surface area contributed by atoms with E-state index < -0.39 is 17.8 Å². The van der Waals surface area contributed by atoms with Gasteiger partial charge >= 0.3 is 0 Å². The Kier molecular flexibility index (Phi) is 7.79. The molecular formula is C35H30FN5O5. The summed E-state index contributed by atoms with van der Waals surface area (Å²) in [4.78, 5) is 32.8. The molecule has 3 aromatic carbocycles. The number of nitrogens with one attached hydrogen (secondary N) is 2. The van der Waals surface area contributed by atoms with Crippen LogP contribution in [0.3, 0.4) is 0 Å². The lowest BCUT2D eigenvalue weighted by atomic mass is 9.87. The van der Waals surface area contributed by atoms with Crippen molar-refractivity contribution in [3.05, 3.63) is 119 Å². The first-order valence-electron chi connectivity index (χ1n) is 14.9. The molecule has 10 nitrogen and oxygen atoms in total. The number of nitrogens with zero attached hydrogens (tertiary/aromatic N) is 3. The highest BCUT2D eigenvalue weighted by molar-refractivity contribution is 5.95. The van der Waals surface area contributed by atoms with E-state index in [9.17, 15) is 14.0 Å². The van der Waals surface area contributed by atoms with Crippen LogP contribution in [-0.4, -0.2) is 58.7 Å². The number of pyridine rings is 1. The van der Waals surface area contributed by atoms with Gasteiger partial charge in [-0.1, -0.05) is 12.1 Å². The largest absolute Gasteiger partial charge is 0.493 e. The summed E-state index contributed by atoms with van der Waals surface area (Å²) in [6.45, 7) is 0.962. The van der Waals surface area contributed by atoms with Gasteiger partial charge in [0.1, 0.15) is 23.0 Å². The van der Waals surface area contributed by atoms with Crippen LogP contribution < -0.4 is 19.5 Å². The fourth-order valence-electron chi connectivity index (χ4n) is 5.91. The van der Waals surface area contributed by atoms with Gasteiger partial charge in [-0.15, -0.1) is 0 Å². The van der Waals surface area contributed by atoms with Gasteiger partial charge in [0.15, 0.2) is 11.5 Å². The van der Waals surface area contributed by atoms with E-state index in [0.29, 0.717) is 53.8 Å². The van der Waals surface area contributed by atoms with E-state index in [0.717, 1.165) is 22.3 Å². The average molecular weight is 620 g/mol. The van der Waals surface area contributed by atoms with Crippen LogP contribution in [0.5, 0.6) is 23.0 Å². The second-order valence-electron chi connectivity index (χ2n) is 11.0. The van der Waals surface area contributed by atoms with Gasteiger partial charge in [0.05, 0.1) is 31.0 Å². The van der Waals surface area contributed by atoms with Gasteiger partial charge in [0, 0.05) is 31.0 Å². The molecule has 0 radical (unpaired) electrons. The zero-order chi connectivity index (χ0) is 31.6. The normalized spacial score (nSPS) is 16.0. The summed E-state index contributed by atoms with van der Waals surface area (Å²) in [6.07, 6.45) is 4.40. The average Bonchev–Trinajstić information content (AvgIpc) is 3.58. The molecule has 5 heterocycles. The lowest BCUT2D eigenvalue weighted by molar-refractivity contribution is 0.0688. The first-order valence-corrected chi connectivity index (χ1v) is 14.9. The molecule has 0 aliphatic carbocycles. The highest BCUT2D eigenvalue weighted by Crippen LogP contribution is 2.41.